The van der Waals surface area contributed by atoms with E-state index in [0.717, 1.165) is 37.3 Å². The van der Waals surface area contributed by atoms with Crippen LogP contribution in [-0.2, 0) is 0 Å². The molecule has 1 aromatic rings. The summed E-state index contributed by atoms with van der Waals surface area (Å²) in [6, 6.07) is 5.45. The Morgan fingerprint density at radius 2 is 2.06 bits per heavy atom. The van der Waals surface area contributed by atoms with Gasteiger partial charge in [-0.15, -0.1) is 0 Å². The van der Waals surface area contributed by atoms with Crippen LogP contribution in [0.5, 0.6) is 0 Å². The van der Waals surface area contributed by atoms with Crippen LogP contribution in [0.15, 0.2) is 18.2 Å². The van der Waals surface area contributed by atoms with Gasteiger partial charge in [0, 0.05) is 6.04 Å². The van der Waals surface area contributed by atoms with E-state index in [1.54, 1.807) is 6.07 Å². The van der Waals surface area contributed by atoms with E-state index in [1.807, 2.05) is 12.7 Å². The summed E-state index contributed by atoms with van der Waals surface area (Å²) in [4.78, 5) is 2.23. The molecule has 3 nitrogen and oxygen atoms in total. The van der Waals surface area contributed by atoms with Crippen LogP contribution in [0.1, 0.15) is 12.8 Å². The molecule has 2 heterocycles. The van der Waals surface area contributed by atoms with E-state index in [0.29, 0.717) is 6.04 Å². The molecular formula is C12H15FN3. The maximum atomic E-state index is 13.0. The molecule has 0 spiro atoms. The van der Waals surface area contributed by atoms with E-state index < -0.39 is 0 Å². The molecule has 2 N–H and O–H groups in total. The molecule has 0 atom stereocenters. The molecule has 0 bridgehead atoms. The van der Waals surface area contributed by atoms with Gasteiger partial charge in [0.15, 0.2) is 0 Å². The Kier molecular flexibility index (Phi) is 2.44. The van der Waals surface area contributed by atoms with Gasteiger partial charge in [0.1, 0.15) is 12.5 Å². The number of nitrogens with zero attached hydrogens (tertiary/aromatic N) is 1. The van der Waals surface area contributed by atoms with Crippen molar-refractivity contribution >= 4 is 11.4 Å². The fourth-order valence-corrected chi connectivity index (χ4v) is 2.44. The Bertz CT molecular complexity index is 388. The molecule has 0 amide bonds. The standard InChI is InChI=1S/C12H15FN3/c13-9-1-2-12-11(7-9)15-8-16(12)10-3-5-14-6-4-10/h1-2,7-8,10,14-15H,3-6H2. The van der Waals surface area contributed by atoms with E-state index in [2.05, 4.69) is 15.5 Å². The zero-order chi connectivity index (χ0) is 11.0. The molecule has 3 rings (SSSR count). The predicted molar refractivity (Wildman–Crippen MR) is 62.7 cm³/mol. The molecule has 16 heavy (non-hydrogen) atoms. The average molecular weight is 220 g/mol. The first-order valence-corrected chi connectivity index (χ1v) is 5.73. The first-order chi connectivity index (χ1) is 7.84. The van der Waals surface area contributed by atoms with Crippen LogP contribution < -0.4 is 15.5 Å². The molecule has 0 unspecified atom stereocenters. The van der Waals surface area contributed by atoms with Gasteiger partial charge in [-0.05, 0) is 44.1 Å². The number of halogens is 1. The quantitative estimate of drug-likeness (QED) is 0.757. The highest BCUT2D eigenvalue weighted by atomic mass is 19.1. The van der Waals surface area contributed by atoms with Crippen LogP contribution in [0.4, 0.5) is 15.8 Å². The molecule has 2 aliphatic heterocycles. The van der Waals surface area contributed by atoms with Gasteiger partial charge in [-0.3, -0.25) is 0 Å². The summed E-state index contributed by atoms with van der Waals surface area (Å²) >= 11 is 0. The van der Waals surface area contributed by atoms with Gasteiger partial charge >= 0.3 is 0 Å². The number of hydrogen-bond donors (Lipinski definition) is 2. The van der Waals surface area contributed by atoms with Crippen molar-refractivity contribution in [3.8, 4) is 0 Å². The van der Waals surface area contributed by atoms with Gasteiger partial charge in [-0.1, -0.05) is 0 Å². The van der Waals surface area contributed by atoms with E-state index in [-0.39, 0.29) is 5.82 Å². The fraction of sp³-hybridized carbons (Fsp3) is 0.417. The van der Waals surface area contributed by atoms with Crippen molar-refractivity contribution in [2.24, 2.45) is 0 Å². The van der Waals surface area contributed by atoms with Crippen LogP contribution in [0, 0.1) is 12.5 Å². The van der Waals surface area contributed by atoms with Gasteiger partial charge in [-0.2, -0.15) is 0 Å². The summed E-state index contributed by atoms with van der Waals surface area (Å²) in [6.45, 7) is 4.08. The second-order valence-electron chi connectivity index (χ2n) is 4.32. The monoisotopic (exact) mass is 220 g/mol. The van der Waals surface area contributed by atoms with Crippen LogP contribution in [-0.4, -0.2) is 19.1 Å². The van der Waals surface area contributed by atoms with Gasteiger partial charge in [0.2, 0.25) is 0 Å². The highest BCUT2D eigenvalue weighted by molar-refractivity contribution is 5.77. The lowest BCUT2D eigenvalue weighted by atomic mass is 10.0. The van der Waals surface area contributed by atoms with Gasteiger partial charge in [0.25, 0.3) is 0 Å². The van der Waals surface area contributed by atoms with Crippen molar-refractivity contribution < 1.29 is 4.39 Å². The van der Waals surface area contributed by atoms with Crippen molar-refractivity contribution in [2.45, 2.75) is 18.9 Å². The van der Waals surface area contributed by atoms with E-state index >= 15 is 0 Å². The first kappa shape index (κ1) is 9.90. The lowest BCUT2D eigenvalue weighted by Crippen LogP contribution is -2.41. The summed E-state index contributed by atoms with van der Waals surface area (Å²) in [5, 5.41) is 6.48. The molecule has 4 heteroatoms. The van der Waals surface area contributed by atoms with Crippen LogP contribution in [0.3, 0.4) is 0 Å². The van der Waals surface area contributed by atoms with Crippen molar-refractivity contribution in [1.82, 2.24) is 5.32 Å². The molecular weight excluding hydrogens is 205 g/mol. The maximum absolute atomic E-state index is 13.0. The lowest BCUT2D eigenvalue weighted by Gasteiger charge is -2.32. The zero-order valence-corrected chi connectivity index (χ0v) is 9.04. The maximum Gasteiger partial charge on any atom is 0.139 e. The fourth-order valence-electron chi connectivity index (χ4n) is 2.44. The van der Waals surface area contributed by atoms with Crippen molar-refractivity contribution in [2.75, 3.05) is 23.3 Å². The van der Waals surface area contributed by atoms with Crippen LogP contribution in [0.25, 0.3) is 0 Å². The van der Waals surface area contributed by atoms with Gasteiger partial charge in [-0.25, -0.2) is 4.39 Å². The minimum atomic E-state index is -0.188. The summed E-state index contributed by atoms with van der Waals surface area (Å²) in [5.74, 6) is -0.188. The third-order valence-corrected chi connectivity index (χ3v) is 3.30. The minimum Gasteiger partial charge on any atom is -0.360 e. The largest absolute Gasteiger partial charge is 0.360 e. The number of benzene rings is 1. The molecule has 1 aromatic carbocycles. The van der Waals surface area contributed by atoms with Crippen LogP contribution in [0.2, 0.25) is 0 Å². The highest BCUT2D eigenvalue weighted by Crippen LogP contribution is 2.36. The topological polar surface area (TPSA) is 27.3 Å². The van der Waals surface area contributed by atoms with E-state index in [1.165, 1.54) is 6.07 Å². The third kappa shape index (κ3) is 1.63. The van der Waals surface area contributed by atoms with Crippen LogP contribution >= 0.6 is 0 Å². The Balaban J connectivity index is 1.84. The Morgan fingerprint density at radius 3 is 2.88 bits per heavy atom. The summed E-state index contributed by atoms with van der Waals surface area (Å²) in [6.07, 6.45) is 2.27. The molecule has 0 aromatic heterocycles. The number of fused-ring (bicyclic) bond motifs is 1. The molecule has 0 aliphatic carbocycles. The average Bonchev–Trinajstić information content (AvgIpc) is 2.73. The number of anilines is 2. The second kappa shape index (κ2) is 3.94. The summed E-state index contributed by atoms with van der Waals surface area (Å²) in [5.41, 5.74) is 1.96. The SMILES string of the molecule is Fc1ccc2c(c1)N[CH]N2C1CCNCC1. The number of rotatable bonds is 1. The number of hydrogen-bond acceptors (Lipinski definition) is 3. The predicted octanol–water partition coefficient (Wildman–Crippen LogP) is 1.93. The number of piperidine rings is 1. The first-order valence-electron chi connectivity index (χ1n) is 5.73. The summed E-state index contributed by atoms with van der Waals surface area (Å²) in [7, 11) is 0. The van der Waals surface area contributed by atoms with Crippen molar-refractivity contribution in [1.29, 1.82) is 0 Å². The van der Waals surface area contributed by atoms with Crippen molar-refractivity contribution in [3.63, 3.8) is 0 Å². The number of nitrogens with one attached hydrogen (secondary N) is 2. The van der Waals surface area contributed by atoms with E-state index in [4.69, 9.17) is 0 Å². The Hall–Kier alpha value is -1.29. The minimum absolute atomic E-state index is 0.188. The zero-order valence-electron chi connectivity index (χ0n) is 9.04. The highest BCUT2D eigenvalue weighted by Gasteiger charge is 2.27. The van der Waals surface area contributed by atoms with Gasteiger partial charge in [0.05, 0.1) is 11.4 Å². The molecule has 1 fully saturated rings. The Morgan fingerprint density at radius 1 is 1.25 bits per heavy atom. The molecule has 0 saturated carbocycles. The molecule has 1 saturated heterocycles. The van der Waals surface area contributed by atoms with Crippen molar-refractivity contribution in [3.05, 3.63) is 30.7 Å². The Labute approximate surface area is 94.6 Å². The molecule has 2 aliphatic rings. The second-order valence-corrected chi connectivity index (χ2v) is 4.32. The lowest BCUT2D eigenvalue weighted by molar-refractivity contribution is 0.446. The smallest absolute Gasteiger partial charge is 0.139 e. The molecule has 1 radical (unpaired) electrons. The van der Waals surface area contributed by atoms with E-state index in [9.17, 15) is 4.39 Å². The third-order valence-electron chi connectivity index (χ3n) is 3.30. The molecule has 85 valence electrons. The van der Waals surface area contributed by atoms with Gasteiger partial charge < -0.3 is 15.5 Å². The normalized spacial score (nSPS) is 20.7. The summed E-state index contributed by atoms with van der Waals surface area (Å²) < 4.78 is 13.0.